The third kappa shape index (κ3) is 2.50. The predicted octanol–water partition coefficient (Wildman–Crippen LogP) is 1.07. The Morgan fingerprint density at radius 3 is 2.88 bits per heavy atom. The smallest absolute Gasteiger partial charge is 0.266 e. The molecule has 1 unspecified atom stereocenters. The van der Waals surface area contributed by atoms with E-state index in [2.05, 4.69) is 5.10 Å². The Labute approximate surface area is 95.5 Å². The lowest BCUT2D eigenvalue weighted by molar-refractivity contribution is 0.365. The van der Waals surface area contributed by atoms with Gasteiger partial charge in [0.05, 0.1) is 12.2 Å². The maximum atomic E-state index is 11.6. The van der Waals surface area contributed by atoms with Crippen molar-refractivity contribution in [3.63, 3.8) is 0 Å². The van der Waals surface area contributed by atoms with Crippen LogP contribution in [-0.2, 0) is 6.54 Å². The van der Waals surface area contributed by atoms with Crippen LogP contribution in [0.4, 0.5) is 0 Å². The number of nitrogens with two attached hydrogens (primary N) is 1. The summed E-state index contributed by atoms with van der Waals surface area (Å²) in [6.45, 7) is 2.43. The first-order valence-corrected chi connectivity index (χ1v) is 5.97. The molecule has 1 aromatic heterocycles. The van der Waals surface area contributed by atoms with Gasteiger partial charge in [-0.2, -0.15) is 5.10 Å². The number of hydrogen-bond donors (Lipinski definition) is 1. The molecule has 4 heteroatoms. The van der Waals surface area contributed by atoms with Crippen molar-refractivity contribution in [2.75, 3.05) is 0 Å². The lowest BCUT2D eigenvalue weighted by atomic mass is 9.99. The Balaban J connectivity index is 2.07. The van der Waals surface area contributed by atoms with E-state index in [1.165, 1.54) is 30.4 Å². The molecule has 1 atom stereocenters. The maximum absolute atomic E-state index is 11.6. The fourth-order valence-corrected chi connectivity index (χ4v) is 2.42. The molecule has 0 bridgehead atoms. The summed E-state index contributed by atoms with van der Waals surface area (Å²) in [5, 5.41) is 4.21. The minimum absolute atomic E-state index is 0.0564. The highest BCUT2D eigenvalue weighted by atomic mass is 16.1. The molecule has 16 heavy (non-hydrogen) atoms. The summed E-state index contributed by atoms with van der Waals surface area (Å²) in [7, 11) is 0. The van der Waals surface area contributed by atoms with Gasteiger partial charge >= 0.3 is 0 Å². The largest absolute Gasteiger partial charge is 0.326 e. The minimum atomic E-state index is -0.0564. The van der Waals surface area contributed by atoms with E-state index in [-0.39, 0.29) is 11.6 Å². The van der Waals surface area contributed by atoms with E-state index in [1.807, 2.05) is 6.92 Å². The summed E-state index contributed by atoms with van der Waals surface area (Å²) in [6, 6.07) is 3.36. The van der Waals surface area contributed by atoms with Gasteiger partial charge in [-0.1, -0.05) is 12.8 Å². The second-order valence-electron chi connectivity index (χ2n) is 4.70. The second kappa shape index (κ2) is 4.78. The highest BCUT2D eigenvalue weighted by Crippen LogP contribution is 2.27. The van der Waals surface area contributed by atoms with E-state index in [4.69, 9.17) is 5.73 Å². The second-order valence-corrected chi connectivity index (χ2v) is 4.70. The summed E-state index contributed by atoms with van der Waals surface area (Å²) in [4.78, 5) is 11.6. The molecule has 1 saturated carbocycles. The van der Waals surface area contributed by atoms with E-state index in [1.54, 1.807) is 12.1 Å². The lowest BCUT2D eigenvalue weighted by Crippen LogP contribution is -2.37. The number of hydrogen-bond acceptors (Lipinski definition) is 3. The van der Waals surface area contributed by atoms with Crippen molar-refractivity contribution in [3.05, 3.63) is 28.2 Å². The lowest BCUT2D eigenvalue weighted by Gasteiger charge is -2.19. The number of aryl methyl sites for hydroxylation is 1. The molecule has 2 N–H and O–H groups in total. The summed E-state index contributed by atoms with van der Waals surface area (Å²) in [5.41, 5.74) is 6.93. The summed E-state index contributed by atoms with van der Waals surface area (Å²) in [5.74, 6) is 0.564. The average molecular weight is 221 g/mol. The molecule has 0 saturated heterocycles. The Hall–Kier alpha value is -1.16. The van der Waals surface area contributed by atoms with Crippen LogP contribution in [-0.4, -0.2) is 15.8 Å². The highest BCUT2D eigenvalue weighted by Gasteiger charge is 2.22. The van der Waals surface area contributed by atoms with E-state index >= 15 is 0 Å². The predicted molar refractivity (Wildman–Crippen MR) is 63.2 cm³/mol. The highest BCUT2D eigenvalue weighted by molar-refractivity contribution is 4.97. The van der Waals surface area contributed by atoms with Crippen LogP contribution >= 0.6 is 0 Å². The molecule has 0 amide bonds. The van der Waals surface area contributed by atoms with Gasteiger partial charge in [0.15, 0.2) is 0 Å². The van der Waals surface area contributed by atoms with Crippen LogP contribution in [0.15, 0.2) is 16.9 Å². The minimum Gasteiger partial charge on any atom is -0.326 e. The molecule has 0 aromatic carbocycles. The first-order valence-electron chi connectivity index (χ1n) is 5.97. The molecular formula is C12H19N3O. The molecule has 1 heterocycles. The summed E-state index contributed by atoms with van der Waals surface area (Å²) in [6.07, 6.45) is 4.94. The van der Waals surface area contributed by atoms with Crippen LogP contribution in [0.3, 0.4) is 0 Å². The SMILES string of the molecule is Cc1ccc(=O)n(CC(N)C2CCCC2)n1. The standard InChI is InChI=1S/C12H19N3O/c1-9-6-7-12(16)15(14-9)8-11(13)10-4-2-3-5-10/h6-7,10-11H,2-5,8,13H2,1H3. The van der Waals surface area contributed by atoms with Gasteiger partial charge < -0.3 is 5.73 Å². The molecular weight excluding hydrogens is 202 g/mol. The van der Waals surface area contributed by atoms with Crippen LogP contribution in [0.5, 0.6) is 0 Å². The van der Waals surface area contributed by atoms with Crippen molar-refractivity contribution in [1.29, 1.82) is 0 Å². The van der Waals surface area contributed by atoms with Crippen molar-refractivity contribution < 1.29 is 0 Å². The fraction of sp³-hybridized carbons (Fsp3) is 0.667. The van der Waals surface area contributed by atoms with Gasteiger partial charge in [0.1, 0.15) is 0 Å². The Bertz CT molecular complexity index is 407. The fourth-order valence-electron chi connectivity index (χ4n) is 2.42. The zero-order valence-electron chi connectivity index (χ0n) is 9.72. The van der Waals surface area contributed by atoms with E-state index < -0.39 is 0 Å². The molecule has 1 aromatic rings. The summed E-state index contributed by atoms with van der Waals surface area (Å²) >= 11 is 0. The molecule has 88 valence electrons. The Morgan fingerprint density at radius 1 is 1.50 bits per heavy atom. The van der Waals surface area contributed by atoms with Crippen LogP contribution in [0.2, 0.25) is 0 Å². The van der Waals surface area contributed by atoms with E-state index in [0.29, 0.717) is 12.5 Å². The third-order valence-electron chi connectivity index (χ3n) is 3.39. The molecule has 0 spiro atoms. The molecule has 2 rings (SSSR count). The Morgan fingerprint density at radius 2 is 2.19 bits per heavy atom. The van der Waals surface area contributed by atoms with Gasteiger partial charge in [0.2, 0.25) is 0 Å². The van der Waals surface area contributed by atoms with Crippen LogP contribution in [0, 0.1) is 12.8 Å². The van der Waals surface area contributed by atoms with Crippen molar-refractivity contribution in [3.8, 4) is 0 Å². The molecule has 0 radical (unpaired) electrons. The van der Waals surface area contributed by atoms with Gasteiger partial charge in [0.25, 0.3) is 5.56 Å². The monoisotopic (exact) mass is 221 g/mol. The van der Waals surface area contributed by atoms with Gasteiger partial charge in [-0.15, -0.1) is 0 Å². The number of aromatic nitrogens is 2. The first kappa shape index (κ1) is 11.3. The van der Waals surface area contributed by atoms with Gasteiger partial charge in [-0.05, 0) is 31.7 Å². The maximum Gasteiger partial charge on any atom is 0.266 e. The summed E-state index contributed by atoms with van der Waals surface area (Å²) < 4.78 is 1.50. The quantitative estimate of drug-likeness (QED) is 0.830. The van der Waals surface area contributed by atoms with Crippen molar-refractivity contribution in [1.82, 2.24) is 9.78 Å². The molecule has 4 nitrogen and oxygen atoms in total. The van der Waals surface area contributed by atoms with Crippen LogP contribution in [0.1, 0.15) is 31.4 Å². The van der Waals surface area contributed by atoms with Crippen molar-refractivity contribution >= 4 is 0 Å². The molecule has 1 aliphatic rings. The van der Waals surface area contributed by atoms with Crippen molar-refractivity contribution in [2.45, 2.75) is 45.2 Å². The zero-order chi connectivity index (χ0) is 11.5. The van der Waals surface area contributed by atoms with Crippen molar-refractivity contribution in [2.24, 2.45) is 11.7 Å². The van der Waals surface area contributed by atoms with Crippen LogP contribution in [0.25, 0.3) is 0 Å². The van der Waals surface area contributed by atoms with E-state index in [0.717, 1.165) is 5.69 Å². The normalized spacial score (nSPS) is 18.9. The van der Waals surface area contributed by atoms with E-state index in [9.17, 15) is 4.79 Å². The average Bonchev–Trinajstić information content (AvgIpc) is 2.76. The number of nitrogens with zero attached hydrogens (tertiary/aromatic N) is 2. The zero-order valence-corrected chi connectivity index (χ0v) is 9.72. The molecule has 0 aliphatic heterocycles. The van der Waals surface area contributed by atoms with Crippen LogP contribution < -0.4 is 11.3 Å². The Kier molecular flexibility index (Phi) is 3.39. The molecule has 1 fully saturated rings. The van der Waals surface area contributed by atoms with Gasteiger partial charge in [-0.3, -0.25) is 4.79 Å². The van der Waals surface area contributed by atoms with Gasteiger partial charge in [-0.25, -0.2) is 4.68 Å². The van der Waals surface area contributed by atoms with Gasteiger partial charge in [0, 0.05) is 12.1 Å². The number of rotatable bonds is 3. The first-order chi connectivity index (χ1) is 7.66. The topological polar surface area (TPSA) is 60.9 Å². The third-order valence-corrected chi connectivity index (χ3v) is 3.39. The molecule has 1 aliphatic carbocycles.